The van der Waals surface area contributed by atoms with Crippen LogP contribution in [0.25, 0.3) is 0 Å². The number of nitro benzene ring substituents is 1. The molecule has 4 rings (SSSR count). The van der Waals surface area contributed by atoms with E-state index in [-0.39, 0.29) is 23.4 Å². The Hall–Kier alpha value is -4.02. The van der Waals surface area contributed by atoms with E-state index in [9.17, 15) is 24.8 Å². The molecule has 2 aliphatic rings. The molecule has 2 aromatic carbocycles. The number of nitrogens with one attached hydrogen (secondary N) is 1. The first-order valence-electron chi connectivity index (χ1n) is 12.3. The number of nitro groups is 1. The van der Waals surface area contributed by atoms with Crippen LogP contribution in [0.2, 0.25) is 0 Å². The highest BCUT2D eigenvalue weighted by atomic mass is 16.6. The molecule has 1 saturated heterocycles. The first-order chi connectivity index (χ1) is 18.2. The summed E-state index contributed by atoms with van der Waals surface area (Å²) >= 11 is 0. The highest BCUT2D eigenvalue weighted by molar-refractivity contribution is 6.00. The Balaban J connectivity index is 1.67. The quantitative estimate of drug-likeness (QED) is 0.305. The van der Waals surface area contributed by atoms with Crippen molar-refractivity contribution in [3.63, 3.8) is 0 Å². The van der Waals surface area contributed by atoms with Crippen LogP contribution in [0.15, 0.2) is 77.1 Å². The molecule has 0 aliphatic carbocycles. The van der Waals surface area contributed by atoms with Gasteiger partial charge in [0, 0.05) is 49.6 Å². The number of aliphatic hydroxyl groups is 1. The van der Waals surface area contributed by atoms with Gasteiger partial charge in [-0.1, -0.05) is 42.5 Å². The summed E-state index contributed by atoms with van der Waals surface area (Å²) in [5, 5.41) is 24.9. The topological polar surface area (TPSA) is 131 Å². The van der Waals surface area contributed by atoms with Crippen LogP contribution >= 0.6 is 0 Å². The molecule has 200 valence electrons. The number of aliphatic hydroxyl groups excluding tert-OH is 1. The number of rotatable bonds is 8. The minimum atomic E-state index is -1.13. The first-order valence-corrected chi connectivity index (χ1v) is 12.3. The zero-order valence-corrected chi connectivity index (χ0v) is 21.6. The van der Waals surface area contributed by atoms with Gasteiger partial charge >= 0.3 is 11.9 Å². The summed E-state index contributed by atoms with van der Waals surface area (Å²) in [6.45, 7) is 4.60. The van der Waals surface area contributed by atoms with Crippen LogP contribution in [-0.4, -0.2) is 59.3 Å². The number of hydrogen-bond acceptors (Lipinski definition) is 9. The average Bonchev–Trinajstić information content (AvgIpc) is 3.30. The Morgan fingerprint density at radius 3 is 2.42 bits per heavy atom. The highest BCUT2D eigenvalue weighted by Gasteiger charge is 2.45. The molecule has 2 aliphatic heterocycles. The van der Waals surface area contributed by atoms with Gasteiger partial charge in [0.15, 0.2) is 0 Å². The molecule has 10 nitrogen and oxygen atoms in total. The largest absolute Gasteiger partial charge is 0.466 e. The molecule has 0 saturated carbocycles. The number of benzene rings is 2. The van der Waals surface area contributed by atoms with E-state index in [0.717, 1.165) is 5.56 Å². The van der Waals surface area contributed by atoms with Gasteiger partial charge in [0.2, 0.25) is 0 Å². The van der Waals surface area contributed by atoms with E-state index >= 15 is 0 Å². The van der Waals surface area contributed by atoms with Crippen molar-refractivity contribution in [1.82, 2.24) is 10.2 Å². The van der Waals surface area contributed by atoms with Crippen molar-refractivity contribution in [3.05, 3.63) is 98.4 Å². The lowest BCUT2D eigenvalue weighted by atomic mass is 9.80. The first kappa shape index (κ1) is 27.0. The lowest BCUT2D eigenvalue weighted by molar-refractivity contribution is -0.384. The number of hydrogen-bond donors (Lipinski definition) is 2. The third-order valence-corrected chi connectivity index (χ3v) is 7.04. The van der Waals surface area contributed by atoms with Crippen molar-refractivity contribution in [3.8, 4) is 0 Å². The Kier molecular flexibility index (Phi) is 7.94. The van der Waals surface area contributed by atoms with E-state index in [4.69, 9.17) is 9.47 Å². The van der Waals surface area contributed by atoms with Crippen LogP contribution in [0.3, 0.4) is 0 Å². The molecule has 10 heteroatoms. The van der Waals surface area contributed by atoms with Crippen LogP contribution < -0.4 is 5.32 Å². The molecule has 38 heavy (non-hydrogen) atoms. The van der Waals surface area contributed by atoms with Crippen LogP contribution in [0.5, 0.6) is 0 Å². The second-order valence-corrected chi connectivity index (χ2v) is 9.66. The van der Waals surface area contributed by atoms with Gasteiger partial charge in [0.25, 0.3) is 5.69 Å². The monoisotopic (exact) mass is 521 g/mol. The summed E-state index contributed by atoms with van der Waals surface area (Å²) in [6.07, 6.45) is 0.433. The van der Waals surface area contributed by atoms with Gasteiger partial charge in [-0.2, -0.15) is 0 Å². The summed E-state index contributed by atoms with van der Waals surface area (Å²) in [7, 11) is 1.23. The molecule has 2 atom stereocenters. The van der Waals surface area contributed by atoms with E-state index in [1.54, 1.807) is 19.9 Å². The fourth-order valence-electron chi connectivity index (χ4n) is 5.20. The van der Waals surface area contributed by atoms with Crippen molar-refractivity contribution in [2.75, 3.05) is 26.8 Å². The number of carbonyl (C=O) groups excluding carboxylic acids is 2. The minimum absolute atomic E-state index is 0.130. The van der Waals surface area contributed by atoms with Crippen LogP contribution in [0.4, 0.5) is 5.69 Å². The number of non-ortho nitro benzene ring substituents is 1. The van der Waals surface area contributed by atoms with E-state index in [1.807, 2.05) is 30.3 Å². The molecule has 2 aromatic rings. The van der Waals surface area contributed by atoms with Crippen LogP contribution in [-0.2, 0) is 25.6 Å². The summed E-state index contributed by atoms with van der Waals surface area (Å²) in [4.78, 5) is 39.7. The molecule has 2 N–H and O–H groups in total. The highest BCUT2D eigenvalue weighted by Crippen LogP contribution is 2.41. The normalized spacial score (nSPS) is 21.7. The number of carbonyl (C=O) groups is 2. The SMILES string of the molecule is COC(=O)C1=C(C)NC(C)=C(C(=O)OC2(CO)CCN(Cc3ccccc3)C2)C1c1cccc([N+](=O)[O-])c1. The maximum atomic E-state index is 13.8. The maximum Gasteiger partial charge on any atom is 0.337 e. The average molecular weight is 522 g/mol. The number of allylic oxidation sites excluding steroid dienone is 2. The number of ether oxygens (including phenoxy) is 2. The number of dihydropyridines is 1. The number of nitrogens with zero attached hydrogens (tertiary/aromatic N) is 2. The Labute approximate surface area is 220 Å². The predicted octanol–water partition coefficient (Wildman–Crippen LogP) is 3.18. The maximum absolute atomic E-state index is 13.8. The molecular formula is C28H31N3O7. The molecule has 0 amide bonds. The van der Waals surface area contributed by atoms with E-state index in [2.05, 4.69) is 10.2 Å². The van der Waals surface area contributed by atoms with Gasteiger partial charge in [-0.05, 0) is 25.0 Å². The lowest BCUT2D eigenvalue weighted by Crippen LogP contribution is -2.43. The van der Waals surface area contributed by atoms with Gasteiger partial charge in [-0.15, -0.1) is 0 Å². The van der Waals surface area contributed by atoms with Gasteiger partial charge < -0.3 is 19.9 Å². The molecule has 0 bridgehead atoms. The number of likely N-dealkylation sites (tertiary alicyclic amines) is 1. The Morgan fingerprint density at radius 2 is 1.79 bits per heavy atom. The fourth-order valence-corrected chi connectivity index (χ4v) is 5.20. The minimum Gasteiger partial charge on any atom is -0.466 e. The second-order valence-electron chi connectivity index (χ2n) is 9.66. The Morgan fingerprint density at radius 1 is 1.11 bits per heavy atom. The third-order valence-electron chi connectivity index (χ3n) is 7.04. The van der Waals surface area contributed by atoms with Gasteiger partial charge in [-0.25, -0.2) is 9.59 Å². The molecule has 1 fully saturated rings. The lowest BCUT2D eigenvalue weighted by Gasteiger charge is -2.33. The molecule has 2 heterocycles. The molecule has 0 spiro atoms. The van der Waals surface area contributed by atoms with Crippen molar-refractivity contribution < 1.29 is 29.1 Å². The number of methoxy groups -OCH3 is 1. The van der Waals surface area contributed by atoms with Crippen molar-refractivity contribution in [2.24, 2.45) is 0 Å². The van der Waals surface area contributed by atoms with Crippen molar-refractivity contribution in [2.45, 2.75) is 38.3 Å². The van der Waals surface area contributed by atoms with Gasteiger partial charge in [0.1, 0.15) is 5.60 Å². The summed E-state index contributed by atoms with van der Waals surface area (Å²) in [6, 6.07) is 15.7. The summed E-state index contributed by atoms with van der Waals surface area (Å²) in [5.41, 5.74) is 1.38. The third kappa shape index (κ3) is 5.46. The molecule has 0 radical (unpaired) electrons. The molecular weight excluding hydrogens is 490 g/mol. The van der Waals surface area contributed by atoms with Crippen LogP contribution in [0, 0.1) is 10.1 Å². The van der Waals surface area contributed by atoms with E-state index in [0.29, 0.717) is 43.0 Å². The van der Waals surface area contributed by atoms with E-state index < -0.39 is 28.4 Å². The predicted molar refractivity (Wildman–Crippen MR) is 139 cm³/mol. The smallest absolute Gasteiger partial charge is 0.337 e. The standard InChI is InChI=1S/C28H31N3O7/c1-18-23(26(33)37-3)25(21-10-7-11-22(14-21)31(35)36)24(19(2)29-18)27(34)38-28(17-32)12-13-30(16-28)15-20-8-5-4-6-9-20/h4-11,14,25,29,32H,12-13,15-17H2,1-3H3. The molecule has 2 unspecified atom stereocenters. The Bertz CT molecular complexity index is 1300. The summed E-state index contributed by atoms with van der Waals surface area (Å²) in [5.74, 6) is -2.35. The zero-order valence-electron chi connectivity index (χ0n) is 21.6. The van der Waals surface area contributed by atoms with Gasteiger partial charge in [-0.3, -0.25) is 15.0 Å². The van der Waals surface area contributed by atoms with Crippen molar-refractivity contribution in [1.29, 1.82) is 0 Å². The zero-order chi connectivity index (χ0) is 27.4. The van der Waals surface area contributed by atoms with Crippen LogP contribution in [0.1, 0.15) is 37.3 Å². The van der Waals surface area contributed by atoms with E-state index in [1.165, 1.54) is 25.3 Å². The molecule has 0 aromatic heterocycles. The van der Waals surface area contributed by atoms with Crippen molar-refractivity contribution >= 4 is 17.6 Å². The second kappa shape index (κ2) is 11.2. The number of esters is 2. The summed E-state index contributed by atoms with van der Waals surface area (Å²) < 4.78 is 11.0. The van der Waals surface area contributed by atoms with Gasteiger partial charge in [0.05, 0.1) is 35.7 Å². The fraction of sp³-hybridized carbons (Fsp3) is 0.357.